The molecule has 0 fully saturated rings. The Morgan fingerprint density at radius 3 is 1.24 bits per heavy atom. The van der Waals surface area contributed by atoms with E-state index in [0.29, 0.717) is 34.2 Å². The van der Waals surface area contributed by atoms with E-state index < -0.39 is 59.6 Å². The normalized spacial score (nSPS) is 15.9. The molecule has 0 aromatic heterocycles. The molecule has 7 aromatic rings. The summed E-state index contributed by atoms with van der Waals surface area (Å²) in [4.78, 5) is 93.4. The summed E-state index contributed by atoms with van der Waals surface area (Å²) in [6.45, 7) is 3.00. The lowest BCUT2D eigenvalue weighted by molar-refractivity contribution is -0.128. The van der Waals surface area contributed by atoms with Crippen LogP contribution < -0.4 is 50.3 Å². The second-order valence-electron chi connectivity index (χ2n) is 18.6. The summed E-state index contributed by atoms with van der Waals surface area (Å²) in [5.74, 6) is -1.62. The van der Waals surface area contributed by atoms with Crippen molar-refractivity contribution in [3.05, 3.63) is 165 Å². The van der Waals surface area contributed by atoms with Crippen LogP contribution in [0.5, 0.6) is 11.5 Å². The van der Waals surface area contributed by atoms with E-state index in [1.165, 1.54) is 9.80 Å². The van der Waals surface area contributed by atoms with Gasteiger partial charge in [-0.1, -0.05) is 80.4 Å². The molecule has 16 nitrogen and oxygen atoms in total. The predicted molar refractivity (Wildman–Crippen MR) is 317 cm³/mol. The Hall–Kier alpha value is -7.06. The highest BCUT2D eigenvalue weighted by Gasteiger charge is 2.40. The van der Waals surface area contributed by atoms with E-state index >= 15 is 9.59 Å². The number of methoxy groups -OCH3 is 2. The largest absolute Gasteiger partial charge is 0.496 e. The van der Waals surface area contributed by atoms with Crippen LogP contribution in [0.2, 0.25) is 0 Å². The Bertz CT molecular complexity index is 3220. The van der Waals surface area contributed by atoms with Crippen LogP contribution in [0.15, 0.2) is 142 Å². The van der Waals surface area contributed by atoms with Crippen molar-refractivity contribution in [1.82, 2.24) is 21.3 Å². The van der Waals surface area contributed by atoms with Crippen molar-refractivity contribution in [1.29, 1.82) is 0 Å². The average molecular weight is 1230 g/mol. The van der Waals surface area contributed by atoms with Crippen molar-refractivity contribution in [2.24, 2.45) is 0 Å². The number of para-hydroxylation sites is 4. The van der Waals surface area contributed by atoms with E-state index in [4.69, 9.17) is 9.47 Å². The molecule has 2 heterocycles. The van der Waals surface area contributed by atoms with Gasteiger partial charge in [0, 0.05) is 31.2 Å². The van der Waals surface area contributed by atoms with Crippen LogP contribution in [0.3, 0.4) is 0 Å². The van der Waals surface area contributed by atoms with E-state index in [1.807, 2.05) is 60.7 Å². The lowest BCUT2D eigenvalue weighted by Crippen LogP contribution is -2.55. The van der Waals surface area contributed by atoms with Gasteiger partial charge in [0.1, 0.15) is 23.6 Å². The Morgan fingerprint density at radius 2 is 0.897 bits per heavy atom. The van der Waals surface area contributed by atoms with Crippen LogP contribution in [-0.4, -0.2) is 101 Å². The maximum Gasteiger partial charge on any atom is 0.258 e. The zero-order chi connectivity index (χ0) is 53.9. The quantitative estimate of drug-likeness (QED) is 0.0821. The monoisotopic (exact) mass is 1220 g/mol. The van der Waals surface area contributed by atoms with E-state index in [1.54, 1.807) is 125 Å². The fourth-order valence-electron chi connectivity index (χ4n) is 9.74. The molecule has 7 aromatic carbocycles. The Balaban J connectivity index is 0.00000441. The Kier molecular flexibility index (Phi) is 18.9. The average Bonchev–Trinajstić information content (AvgIpc) is 3.63. The van der Waals surface area contributed by atoms with Crippen LogP contribution in [-0.2, 0) is 32.3 Å². The van der Waals surface area contributed by atoms with E-state index in [-0.39, 0.29) is 62.1 Å². The van der Waals surface area contributed by atoms with Gasteiger partial charge < -0.3 is 50.3 Å². The van der Waals surface area contributed by atoms with Crippen molar-refractivity contribution >= 4 is 136 Å². The molecule has 0 spiro atoms. The number of carbonyl (C=O) groups is 6. The zero-order valence-corrected chi connectivity index (χ0v) is 48.3. The van der Waals surface area contributed by atoms with Crippen LogP contribution in [0, 0.1) is 0 Å². The summed E-state index contributed by atoms with van der Waals surface area (Å²) in [5.41, 5.74) is 3.57. The number of carbonyl (C=O) groups excluding carboxylic acids is 6. The van der Waals surface area contributed by atoms with Crippen LogP contribution >= 0.6 is 56.7 Å². The number of hydrogen-bond acceptors (Lipinski definition) is 10. The summed E-state index contributed by atoms with van der Waals surface area (Å²) in [6, 6.07) is 35.9. The van der Waals surface area contributed by atoms with E-state index in [0.717, 1.165) is 41.6 Å². The summed E-state index contributed by atoms with van der Waals surface area (Å²) in [5, 5.41) is 15.2. The summed E-state index contributed by atoms with van der Waals surface area (Å²) in [7, 11) is 6.42. The molecule has 0 unspecified atom stereocenters. The molecule has 78 heavy (non-hydrogen) atoms. The topological polar surface area (TPSA) is 182 Å². The maximum absolute atomic E-state index is 15.1. The van der Waals surface area contributed by atoms with E-state index in [9.17, 15) is 19.2 Å². The molecule has 0 bridgehead atoms. The minimum Gasteiger partial charge on any atom is -0.496 e. The molecule has 0 saturated heterocycles. The van der Waals surface area contributed by atoms with Gasteiger partial charge in [0.2, 0.25) is 11.8 Å². The second-order valence-corrected chi connectivity index (χ2v) is 20.4. The fourth-order valence-corrected chi connectivity index (χ4v) is 10.5. The molecule has 0 saturated carbocycles. The summed E-state index contributed by atoms with van der Waals surface area (Å²) in [6.07, 6.45) is 0. The number of ether oxygens (including phenoxy) is 2. The van der Waals surface area contributed by atoms with Gasteiger partial charge in [-0.2, -0.15) is 0 Å². The lowest BCUT2D eigenvalue weighted by atomic mass is 10.0. The third-order valence-corrected chi connectivity index (χ3v) is 15.1. The number of anilines is 4. The molecule has 406 valence electrons. The van der Waals surface area contributed by atoms with Gasteiger partial charge in [0.15, 0.2) is 0 Å². The molecule has 2 aliphatic heterocycles. The first-order valence-corrected chi connectivity index (χ1v) is 26.2. The number of benzene rings is 7. The first kappa shape index (κ1) is 58.6. The molecule has 9 rings (SSSR count). The van der Waals surface area contributed by atoms with Crippen LogP contribution in [0.1, 0.15) is 45.7 Å². The zero-order valence-electron chi connectivity index (χ0n) is 43.5. The number of halogens is 4. The van der Waals surface area contributed by atoms with Gasteiger partial charge in [0.05, 0.1) is 75.2 Å². The van der Waals surface area contributed by atoms with E-state index in [2.05, 4.69) is 53.1 Å². The number of rotatable bonds is 14. The first-order chi connectivity index (χ1) is 36.6. The fraction of sp³-hybridized carbons (Fsp3) is 0.241. The number of amides is 6. The number of likely N-dealkylation sites (N-methyl/N-ethyl adjacent to an activating group) is 2. The van der Waals surface area contributed by atoms with Crippen molar-refractivity contribution in [2.45, 2.75) is 51.1 Å². The van der Waals surface area contributed by atoms with Crippen molar-refractivity contribution in [3.63, 3.8) is 0 Å². The molecular formula is C58H58Br2Cl2N8O8. The van der Waals surface area contributed by atoms with Gasteiger partial charge in [-0.15, -0.1) is 24.8 Å². The first-order valence-electron chi connectivity index (χ1n) is 24.6. The van der Waals surface area contributed by atoms with Crippen LogP contribution in [0.4, 0.5) is 22.7 Å². The minimum atomic E-state index is -1.19. The standard InChI is InChI=1S/C58H56Br2N8O8.2ClH/c1-33(61-3)53(69)63-45-31-67(49-13-9-7-11-47(49)65(57(45)73)29-43-41-23-21-39(59)27-37(41)19-25-51(43)75-5)55(71)35-15-17-36(18-16-35)56(72)68-32-46(64-54(70)34(2)62-4)58(74)66(48-12-8-10-14-50(48)68)30-44-42-24-22-40(60)28-38(42)20-26-52(44)76-6;;/h7-28,33-34,45-46,61-62H,29-32H2,1-6H3,(H,63,69)(H,64,70);2*1H/t33-,34-,45-,46-;;/m0../s1. The van der Waals surface area contributed by atoms with Gasteiger partial charge in [0.25, 0.3) is 23.6 Å². The number of hydrogen-bond donors (Lipinski definition) is 4. The predicted octanol–water partition coefficient (Wildman–Crippen LogP) is 8.95. The van der Waals surface area contributed by atoms with Gasteiger partial charge in [-0.25, -0.2) is 0 Å². The third-order valence-electron chi connectivity index (χ3n) is 14.1. The Labute approximate surface area is 481 Å². The van der Waals surface area contributed by atoms with Crippen molar-refractivity contribution in [2.75, 3.05) is 61.0 Å². The molecule has 20 heteroatoms. The highest BCUT2D eigenvalue weighted by molar-refractivity contribution is 9.10. The highest BCUT2D eigenvalue weighted by atomic mass is 79.9. The number of nitrogens with zero attached hydrogens (tertiary/aromatic N) is 4. The summed E-state index contributed by atoms with van der Waals surface area (Å²) < 4.78 is 13.5. The lowest BCUT2D eigenvalue weighted by Gasteiger charge is -2.27. The number of nitrogens with one attached hydrogen (secondary N) is 4. The molecular weight excluding hydrogens is 1170 g/mol. The summed E-state index contributed by atoms with van der Waals surface area (Å²) >= 11 is 7.14. The third kappa shape index (κ3) is 11.7. The molecule has 0 aliphatic carbocycles. The minimum absolute atomic E-state index is 0. The second kappa shape index (κ2) is 25.2. The van der Waals surface area contributed by atoms with Gasteiger partial charge in [-0.3, -0.25) is 28.8 Å². The highest BCUT2D eigenvalue weighted by Crippen LogP contribution is 2.40. The smallest absolute Gasteiger partial charge is 0.258 e. The van der Waals surface area contributed by atoms with Crippen LogP contribution in [0.25, 0.3) is 21.5 Å². The molecule has 2 aliphatic rings. The number of fused-ring (bicyclic) bond motifs is 4. The van der Waals surface area contributed by atoms with Gasteiger partial charge >= 0.3 is 0 Å². The molecule has 0 radical (unpaired) electrons. The van der Waals surface area contributed by atoms with Crippen molar-refractivity contribution < 1.29 is 38.2 Å². The van der Waals surface area contributed by atoms with Crippen molar-refractivity contribution in [3.8, 4) is 11.5 Å². The molecule has 6 amide bonds. The molecule has 4 N–H and O–H groups in total. The van der Waals surface area contributed by atoms with Gasteiger partial charge in [-0.05, 0) is 134 Å². The molecule has 4 atom stereocenters. The Morgan fingerprint density at radius 1 is 0.538 bits per heavy atom. The SMILES string of the molecule is CN[C@@H](C)C(=O)N[C@H]1CN(C(=O)c2ccc(C(=O)N3C[C@H](NC(=O)[C@H](C)NC)C(=O)N(Cc4c(OC)ccc5cc(Br)ccc45)c4ccccc43)cc2)c2ccccc2N(Cc2c(OC)ccc3cc(Br)ccc23)C1=O.Cl.Cl. The maximum atomic E-state index is 15.1.